The molecule has 1 atom stereocenters. The molecule has 4 aromatic rings. The van der Waals surface area contributed by atoms with E-state index in [9.17, 15) is 41.9 Å². The first-order valence-electron chi connectivity index (χ1n) is 16.4. The maximum atomic E-state index is 13.5. The Kier molecular flexibility index (Phi) is 8.47. The van der Waals surface area contributed by atoms with Crippen molar-refractivity contribution in [2.45, 2.75) is 44.4 Å². The van der Waals surface area contributed by atoms with Crippen LogP contribution < -0.4 is 21.1 Å². The molecule has 5 heterocycles. The minimum atomic E-state index is -4.70. The summed E-state index contributed by atoms with van der Waals surface area (Å²) in [6, 6.07) is 8.92. The minimum Gasteiger partial charge on any atom is -0.369 e. The molecule has 2 N–H and O–H groups in total. The van der Waals surface area contributed by atoms with Crippen molar-refractivity contribution in [1.82, 2.24) is 29.8 Å². The van der Waals surface area contributed by atoms with E-state index in [1.807, 2.05) is 4.90 Å². The molecule has 3 aliphatic heterocycles. The number of aromatic nitrogens is 4. The van der Waals surface area contributed by atoms with E-state index in [1.165, 1.54) is 23.1 Å². The molecule has 3 aliphatic rings. The van der Waals surface area contributed by atoms with E-state index >= 15 is 0 Å². The first kappa shape index (κ1) is 34.9. The summed E-state index contributed by atoms with van der Waals surface area (Å²) < 4.78 is 42.7. The highest BCUT2D eigenvalue weighted by Crippen LogP contribution is 2.35. The van der Waals surface area contributed by atoms with E-state index < -0.39 is 58.4 Å². The molecule has 7 rings (SSSR count). The van der Waals surface area contributed by atoms with Gasteiger partial charge >= 0.3 is 6.18 Å². The molecule has 0 bridgehead atoms. The highest BCUT2D eigenvalue weighted by atomic mass is 19.4. The molecule has 2 aromatic carbocycles. The van der Waals surface area contributed by atoms with Crippen LogP contribution >= 0.6 is 0 Å². The van der Waals surface area contributed by atoms with Gasteiger partial charge in [0.2, 0.25) is 11.8 Å². The SMILES string of the molecule is CC(C)(C(=O)Nc1ccc(C(F)(F)F)cc1-n1ncccc1=O)n1cc(C#CC2CN(c3ccc4c(c3)C(=O)N(C3CCC(=O)NC3=O)C4=O)C2)cn1. The number of halogens is 3. The molecule has 14 nitrogen and oxygen atoms in total. The molecular weight excluding hydrogens is 697 g/mol. The Morgan fingerprint density at radius 2 is 1.72 bits per heavy atom. The summed E-state index contributed by atoms with van der Waals surface area (Å²) in [4.78, 5) is 78.9. The van der Waals surface area contributed by atoms with Gasteiger partial charge in [-0.25, -0.2) is 0 Å². The third-order valence-corrected chi connectivity index (χ3v) is 9.32. The number of anilines is 2. The standard InChI is InChI=1S/C36H29F3N8O6/c1-35(2,34(53)42-26-10-7-22(36(37,38)39)14-28(26)47-30(49)4-3-13-40-47)45-19-20(16-41-45)5-6-21-17-44(18-21)23-8-9-24-25(15-23)33(52)46(32(24)51)27-11-12-29(48)43-31(27)50/h3-4,7-10,13-16,19,21,27H,11-12,17-18H2,1-2H3,(H,42,53)(H,43,48,50). The van der Waals surface area contributed by atoms with Crippen molar-refractivity contribution in [2.24, 2.45) is 5.92 Å². The molecule has 1 unspecified atom stereocenters. The topological polar surface area (TPSA) is 169 Å². The molecule has 0 spiro atoms. The maximum Gasteiger partial charge on any atom is 0.416 e. The van der Waals surface area contributed by atoms with Gasteiger partial charge in [0.25, 0.3) is 23.3 Å². The molecule has 270 valence electrons. The second-order valence-corrected chi connectivity index (χ2v) is 13.2. The number of carbonyl (C=O) groups is 5. The molecule has 17 heteroatoms. The van der Waals surface area contributed by atoms with Crippen molar-refractivity contribution in [1.29, 1.82) is 0 Å². The van der Waals surface area contributed by atoms with E-state index in [0.29, 0.717) is 24.3 Å². The fourth-order valence-electron chi connectivity index (χ4n) is 6.22. The quantitative estimate of drug-likeness (QED) is 0.224. The van der Waals surface area contributed by atoms with E-state index in [2.05, 4.69) is 32.7 Å². The molecule has 0 saturated carbocycles. The lowest BCUT2D eigenvalue weighted by Crippen LogP contribution is -2.54. The number of piperidine rings is 1. The van der Waals surface area contributed by atoms with Crippen molar-refractivity contribution in [3.63, 3.8) is 0 Å². The van der Waals surface area contributed by atoms with Crippen LogP contribution in [0.15, 0.2) is 71.9 Å². The second kappa shape index (κ2) is 12.9. The average molecular weight is 727 g/mol. The van der Waals surface area contributed by atoms with Crippen LogP contribution in [0.5, 0.6) is 0 Å². The van der Waals surface area contributed by atoms with Crippen LogP contribution in [0.25, 0.3) is 5.69 Å². The van der Waals surface area contributed by atoms with Gasteiger partial charge in [0.1, 0.15) is 11.6 Å². The van der Waals surface area contributed by atoms with Crippen molar-refractivity contribution in [3.05, 3.63) is 99.7 Å². The Bertz CT molecular complexity index is 2350. The molecular formula is C36H29F3N8O6. The van der Waals surface area contributed by atoms with E-state index in [4.69, 9.17) is 0 Å². The number of nitrogens with one attached hydrogen (secondary N) is 2. The second-order valence-electron chi connectivity index (χ2n) is 13.2. The predicted octanol–water partition coefficient (Wildman–Crippen LogP) is 2.71. The predicted molar refractivity (Wildman–Crippen MR) is 181 cm³/mol. The fraction of sp³-hybridized carbons (Fsp3) is 0.278. The number of hydrogen-bond acceptors (Lipinski definition) is 9. The number of rotatable bonds is 6. The molecule has 0 radical (unpaired) electrons. The Labute approximate surface area is 298 Å². The summed E-state index contributed by atoms with van der Waals surface area (Å²) >= 11 is 0. The highest BCUT2D eigenvalue weighted by molar-refractivity contribution is 6.23. The van der Waals surface area contributed by atoms with Gasteiger partial charge in [0.15, 0.2) is 0 Å². The molecule has 2 aromatic heterocycles. The number of amides is 5. The number of hydrogen-bond donors (Lipinski definition) is 2. The van der Waals surface area contributed by atoms with Crippen molar-refractivity contribution in [3.8, 4) is 17.5 Å². The lowest BCUT2D eigenvalue weighted by atomic mass is 9.98. The zero-order valence-electron chi connectivity index (χ0n) is 28.1. The van der Waals surface area contributed by atoms with E-state index in [-0.39, 0.29) is 41.3 Å². The molecule has 2 saturated heterocycles. The van der Waals surface area contributed by atoms with Gasteiger partial charge in [-0.1, -0.05) is 11.8 Å². The van der Waals surface area contributed by atoms with Gasteiger partial charge in [0.05, 0.1) is 45.7 Å². The van der Waals surface area contributed by atoms with Gasteiger partial charge in [-0.3, -0.25) is 43.7 Å². The first-order chi connectivity index (χ1) is 25.1. The summed E-state index contributed by atoms with van der Waals surface area (Å²) in [5.74, 6) is 3.25. The van der Waals surface area contributed by atoms with Gasteiger partial charge in [0, 0.05) is 43.7 Å². The zero-order valence-corrected chi connectivity index (χ0v) is 28.1. The van der Waals surface area contributed by atoms with Gasteiger partial charge in [-0.2, -0.15) is 28.1 Å². The summed E-state index contributed by atoms with van der Waals surface area (Å²) in [5, 5.41) is 13.0. The van der Waals surface area contributed by atoms with Crippen LogP contribution in [0, 0.1) is 17.8 Å². The van der Waals surface area contributed by atoms with E-state index in [0.717, 1.165) is 33.8 Å². The van der Waals surface area contributed by atoms with Crippen molar-refractivity contribution in [2.75, 3.05) is 23.3 Å². The lowest BCUT2D eigenvalue weighted by molar-refractivity contribution is -0.138. The van der Waals surface area contributed by atoms with Crippen molar-refractivity contribution >= 4 is 40.9 Å². The number of fused-ring (bicyclic) bond motifs is 1. The van der Waals surface area contributed by atoms with Crippen LogP contribution in [0.2, 0.25) is 0 Å². The van der Waals surface area contributed by atoms with Crippen LogP contribution in [0.1, 0.15) is 58.5 Å². The molecule has 2 fully saturated rings. The van der Waals surface area contributed by atoms with E-state index in [1.54, 1.807) is 38.2 Å². The zero-order chi connectivity index (χ0) is 37.8. The summed E-state index contributed by atoms with van der Waals surface area (Å²) in [6.07, 6.45) is -0.318. The van der Waals surface area contributed by atoms with Crippen LogP contribution in [-0.2, 0) is 26.1 Å². The van der Waals surface area contributed by atoms with Crippen molar-refractivity contribution < 1.29 is 37.1 Å². The highest BCUT2D eigenvalue weighted by Gasteiger charge is 2.45. The summed E-state index contributed by atoms with van der Waals surface area (Å²) in [7, 11) is 0. The van der Waals surface area contributed by atoms with Crippen LogP contribution in [0.3, 0.4) is 0 Å². The Balaban J connectivity index is 1.01. The smallest absolute Gasteiger partial charge is 0.369 e. The van der Waals surface area contributed by atoms with Gasteiger partial charge < -0.3 is 10.2 Å². The molecule has 5 amide bonds. The number of alkyl halides is 3. The summed E-state index contributed by atoms with van der Waals surface area (Å²) in [6.45, 7) is 4.18. The maximum absolute atomic E-state index is 13.5. The van der Waals surface area contributed by atoms with Gasteiger partial charge in [-0.05, 0) is 62.7 Å². The third-order valence-electron chi connectivity index (χ3n) is 9.32. The largest absolute Gasteiger partial charge is 0.416 e. The average Bonchev–Trinajstić information content (AvgIpc) is 3.67. The minimum absolute atomic E-state index is 0.0311. The van der Waals surface area contributed by atoms with Crippen LogP contribution in [-0.4, -0.2) is 73.1 Å². The van der Waals surface area contributed by atoms with Crippen LogP contribution in [0.4, 0.5) is 24.5 Å². The number of benzene rings is 2. The Hall–Kier alpha value is -6.57. The number of carbonyl (C=O) groups excluding carboxylic acids is 5. The Morgan fingerprint density at radius 1 is 0.962 bits per heavy atom. The summed E-state index contributed by atoms with van der Waals surface area (Å²) in [5.41, 5.74) is -1.79. The number of imide groups is 2. The third kappa shape index (κ3) is 6.43. The van der Waals surface area contributed by atoms with Gasteiger partial charge in [-0.15, -0.1) is 0 Å². The monoisotopic (exact) mass is 726 g/mol. The normalized spacial score (nSPS) is 17.6. The first-order valence-corrected chi connectivity index (χ1v) is 16.4. The number of nitrogens with zero attached hydrogens (tertiary/aromatic N) is 6. The Morgan fingerprint density at radius 3 is 2.43 bits per heavy atom. The lowest BCUT2D eigenvalue weighted by Gasteiger charge is -2.38. The fourth-order valence-corrected chi connectivity index (χ4v) is 6.22. The molecule has 0 aliphatic carbocycles. The molecule has 53 heavy (non-hydrogen) atoms.